The molecule has 6 nitrogen and oxygen atoms in total. The van der Waals surface area contributed by atoms with E-state index < -0.39 is 6.04 Å². The van der Waals surface area contributed by atoms with E-state index in [-0.39, 0.29) is 36.8 Å². The lowest BCUT2D eigenvalue weighted by Crippen LogP contribution is -2.42. The monoisotopic (exact) mass is 427 g/mol. The van der Waals surface area contributed by atoms with Gasteiger partial charge in [-0.25, -0.2) is 0 Å². The Hall–Kier alpha value is -2.15. The Balaban J connectivity index is 0.00000196. The molecule has 0 spiro atoms. The van der Waals surface area contributed by atoms with Crippen molar-refractivity contribution < 1.29 is 14.3 Å². The van der Waals surface area contributed by atoms with E-state index in [0.717, 1.165) is 42.3 Å². The third kappa shape index (κ3) is 5.67. The highest BCUT2D eigenvalue weighted by atomic mass is 35.5. The van der Waals surface area contributed by atoms with Crippen LogP contribution in [0.3, 0.4) is 0 Å². The SMILES string of the molecule is COc1cc(OC)cc(N2CCC(NC(=O)C(N)c3ccccc3)C2)c1.Cl.Cl. The van der Waals surface area contributed by atoms with E-state index in [1.807, 2.05) is 48.5 Å². The summed E-state index contributed by atoms with van der Waals surface area (Å²) in [6, 6.07) is 14.6. The Morgan fingerprint density at radius 1 is 1.11 bits per heavy atom. The van der Waals surface area contributed by atoms with Crippen molar-refractivity contribution >= 4 is 36.4 Å². The second-order valence-corrected chi connectivity index (χ2v) is 6.40. The van der Waals surface area contributed by atoms with Gasteiger partial charge in [-0.2, -0.15) is 0 Å². The lowest BCUT2D eigenvalue weighted by atomic mass is 10.1. The van der Waals surface area contributed by atoms with Gasteiger partial charge in [-0.1, -0.05) is 30.3 Å². The summed E-state index contributed by atoms with van der Waals surface area (Å²) in [5.41, 5.74) is 7.92. The fourth-order valence-electron chi connectivity index (χ4n) is 3.19. The van der Waals surface area contributed by atoms with E-state index >= 15 is 0 Å². The number of anilines is 1. The molecular formula is C20H27Cl2N3O3. The number of amides is 1. The molecule has 0 radical (unpaired) electrons. The molecule has 1 aliphatic heterocycles. The number of hydrogen-bond donors (Lipinski definition) is 2. The van der Waals surface area contributed by atoms with Crippen LogP contribution in [0, 0.1) is 0 Å². The van der Waals surface area contributed by atoms with Gasteiger partial charge >= 0.3 is 0 Å². The number of benzene rings is 2. The van der Waals surface area contributed by atoms with E-state index in [4.69, 9.17) is 15.2 Å². The molecule has 1 aliphatic rings. The summed E-state index contributed by atoms with van der Waals surface area (Å²) >= 11 is 0. The molecule has 1 heterocycles. The van der Waals surface area contributed by atoms with Gasteiger partial charge in [0.15, 0.2) is 0 Å². The first-order valence-corrected chi connectivity index (χ1v) is 8.69. The molecule has 1 saturated heterocycles. The fraction of sp³-hybridized carbons (Fsp3) is 0.350. The van der Waals surface area contributed by atoms with Crippen molar-refractivity contribution in [3.05, 3.63) is 54.1 Å². The molecule has 0 aromatic heterocycles. The normalized spacial score (nSPS) is 16.4. The highest BCUT2D eigenvalue weighted by Crippen LogP contribution is 2.30. The van der Waals surface area contributed by atoms with Crippen LogP contribution in [0.15, 0.2) is 48.5 Å². The van der Waals surface area contributed by atoms with Crippen molar-refractivity contribution in [2.24, 2.45) is 5.73 Å². The summed E-state index contributed by atoms with van der Waals surface area (Å²) in [5.74, 6) is 1.35. The summed E-state index contributed by atoms with van der Waals surface area (Å²) in [5, 5.41) is 3.07. The number of nitrogens with two attached hydrogens (primary N) is 1. The number of hydrogen-bond acceptors (Lipinski definition) is 5. The number of nitrogens with zero attached hydrogens (tertiary/aromatic N) is 1. The summed E-state index contributed by atoms with van der Waals surface area (Å²) < 4.78 is 10.7. The molecule has 0 aliphatic carbocycles. The van der Waals surface area contributed by atoms with Crippen molar-refractivity contribution in [1.82, 2.24) is 5.32 Å². The lowest BCUT2D eigenvalue weighted by molar-refractivity contribution is -0.123. The Kier molecular flexibility index (Phi) is 9.38. The molecule has 0 saturated carbocycles. The molecule has 0 bridgehead atoms. The number of rotatable bonds is 6. The standard InChI is InChI=1S/C20H25N3O3.2ClH/c1-25-17-10-16(11-18(12-17)26-2)23-9-8-15(13-23)22-20(24)19(21)14-6-4-3-5-7-14;;/h3-7,10-12,15,19H,8-9,13,21H2,1-2H3,(H,22,24);2*1H. The molecule has 3 N–H and O–H groups in total. The Labute approximate surface area is 178 Å². The van der Waals surface area contributed by atoms with Crippen LogP contribution >= 0.6 is 24.8 Å². The number of carbonyl (C=O) groups excluding carboxylic acids is 1. The van der Waals surface area contributed by atoms with Gasteiger partial charge in [0.2, 0.25) is 5.91 Å². The minimum Gasteiger partial charge on any atom is -0.497 e. The minimum atomic E-state index is -0.651. The van der Waals surface area contributed by atoms with Gasteiger partial charge in [0.05, 0.1) is 14.2 Å². The van der Waals surface area contributed by atoms with Crippen LogP contribution in [0.5, 0.6) is 11.5 Å². The maximum absolute atomic E-state index is 12.4. The van der Waals surface area contributed by atoms with E-state index in [2.05, 4.69) is 10.2 Å². The highest BCUT2D eigenvalue weighted by Gasteiger charge is 2.27. The average Bonchev–Trinajstić information content (AvgIpc) is 3.16. The van der Waals surface area contributed by atoms with Crippen LogP contribution < -0.4 is 25.4 Å². The van der Waals surface area contributed by atoms with Gasteiger partial charge < -0.3 is 25.4 Å². The molecule has 2 unspecified atom stereocenters. The third-order valence-corrected chi connectivity index (χ3v) is 4.68. The first kappa shape index (κ1) is 23.9. The van der Waals surface area contributed by atoms with Gasteiger partial charge in [-0.3, -0.25) is 4.79 Å². The van der Waals surface area contributed by atoms with E-state index in [0.29, 0.717) is 0 Å². The molecule has 3 rings (SSSR count). The van der Waals surface area contributed by atoms with Crippen LogP contribution in [0.2, 0.25) is 0 Å². The zero-order valence-corrected chi connectivity index (χ0v) is 17.6. The van der Waals surface area contributed by atoms with Crippen molar-refractivity contribution in [1.29, 1.82) is 0 Å². The molecule has 1 amide bonds. The zero-order chi connectivity index (χ0) is 18.5. The maximum Gasteiger partial charge on any atom is 0.241 e. The van der Waals surface area contributed by atoms with Crippen molar-refractivity contribution in [3.63, 3.8) is 0 Å². The van der Waals surface area contributed by atoms with Gasteiger partial charge in [-0.05, 0) is 12.0 Å². The van der Waals surface area contributed by atoms with E-state index in [1.165, 1.54) is 0 Å². The van der Waals surface area contributed by atoms with Crippen LogP contribution in [0.4, 0.5) is 5.69 Å². The minimum absolute atomic E-state index is 0. The Morgan fingerprint density at radius 3 is 2.29 bits per heavy atom. The lowest BCUT2D eigenvalue weighted by Gasteiger charge is -2.21. The van der Waals surface area contributed by atoms with Crippen LogP contribution in [-0.4, -0.2) is 39.3 Å². The molecule has 2 atom stereocenters. The van der Waals surface area contributed by atoms with Crippen LogP contribution in [0.25, 0.3) is 0 Å². The highest BCUT2D eigenvalue weighted by molar-refractivity contribution is 5.85. The van der Waals surface area contributed by atoms with Crippen LogP contribution in [0.1, 0.15) is 18.0 Å². The van der Waals surface area contributed by atoms with Gasteiger partial charge in [0.1, 0.15) is 17.5 Å². The van der Waals surface area contributed by atoms with E-state index in [1.54, 1.807) is 14.2 Å². The number of halogens is 2. The first-order valence-electron chi connectivity index (χ1n) is 8.69. The predicted molar refractivity (Wildman–Crippen MR) is 116 cm³/mol. The van der Waals surface area contributed by atoms with Crippen molar-refractivity contribution in [2.75, 3.05) is 32.2 Å². The maximum atomic E-state index is 12.4. The molecule has 2 aromatic rings. The van der Waals surface area contributed by atoms with Gasteiger partial charge in [0, 0.05) is 43.0 Å². The molecule has 8 heteroatoms. The number of nitrogens with one attached hydrogen (secondary N) is 1. The Morgan fingerprint density at radius 2 is 1.71 bits per heavy atom. The smallest absolute Gasteiger partial charge is 0.241 e. The zero-order valence-electron chi connectivity index (χ0n) is 16.0. The quantitative estimate of drug-likeness (QED) is 0.740. The number of ether oxygens (including phenoxy) is 2. The summed E-state index contributed by atoms with van der Waals surface area (Å²) in [7, 11) is 3.27. The summed E-state index contributed by atoms with van der Waals surface area (Å²) in [6.45, 7) is 1.57. The fourth-order valence-corrected chi connectivity index (χ4v) is 3.19. The largest absolute Gasteiger partial charge is 0.497 e. The predicted octanol–water partition coefficient (Wildman–Crippen LogP) is 2.94. The third-order valence-electron chi connectivity index (χ3n) is 4.68. The van der Waals surface area contributed by atoms with E-state index in [9.17, 15) is 4.79 Å². The summed E-state index contributed by atoms with van der Waals surface area (Å²) in [4.78, 5) is 14.7. The molecule has 2 aromatic carbocycles. The average molecular weight is 428 g/mol. The molecular weight excluding hydrogens is 401 g/mol. The second kappa shape index (κ2) is 11.0. The van der Waals surface area contributed by atoms with Gasteiger partial charge in [-0.15, -0.1) is 24.8 Å². The molecule has 154 valence electrons. The number of carbonyl (C=O) groups is 1. The molecule has 28 heavy (non-hydrogen) atoms. The first-order chi connectivity index (χ1) is 12.6. The number of methoxy groups -OCH3 is 2. The van der Waals surface area contributed by atoms with Gasteiger partial charge in [0.25, 0.3) is 0 Å². The Bertz CT molecular complexity index is 739. The van der Waals surface area contributed by atoms with Crippen molar-refractivity contribution in [2.45, 2.75) is 18.5 Å². The molecule has 1 fully saturated rings. The summed E-state index contributed by atoms with van der Waals surface area (Å²) in [6.07, 6.45) is 0.868. The topological polar surface area (TPSA) is 76.8 Å². The second-order valence-electron chi connectivity index (χ2n) is 6.40. The van der Waals surface area contributed by atoms with Crippen molar-refractivity contribution in [3.8, 4) is 11.5 Å². The van der Waals surface area contributed by atoms with Crippen LogP contribution in [-0.2, 0) is 4.79 Å².